The van der Waals surface area contributed by atoms with Crippen molar-refractivity contribution in [2.24, 2.45) is 0 Å². The van der Waals surface area contributed by atoms with E-state index >= 15 is 0 Å². The van der Waals surface area contributed by atoms with E-state index in [-0.39, 0.29) is 0 Å². The number of rotatable bonds is 6. The van der Waals surface area contributed by atoms with Crippen LogP contribution in [0.4, 0.5) is 0 Å². The van der Waals surface area contributed by atoms with Gasteiger partial charge in [0.15, 0.2) is 11.6 Å². The zero-order valence-corrected chi connectivity index (χ0v) is 51.2. The predicted octanol–water partition coefficient (Wildman–Crippen LogP) is 22.6. The third kappa shape index (κ3) is 7.59. The van der Waals surface area contributed by atoms with Crippen LogP contribution in [-0.4, -0.2) is 34.1 Å². The first-order chi connectivity index (χ1) is 47.6. The average Bonchev–Trinajstić information content (AvgIpc) is 1.53. The highest BCUT2D eigenvalue weighted by Crippen LogP contribution is 2.56. The molecule has 14 aromatic carbocycles. The van der Waals surface area contributed by atoms with Crippen LogP contribution in [0.25, 0.3) is 211 Å². The molecule has 6 aromatic heterocycles. The van der Waals surface area contributed by atoms with Crippen molar-refractivity contribution in [3.63, 3.8) is 0 Å². The Hall–Kier alpha value is -13.1. The van der Waals surface area contributed by atoms with Gasteiger partial charge in [0.2, 0.25) is 11.9 Å². The molecule has 444 valence electrons. The fourth-order valence-corrected chi connectivity index (χ4v) is 15.7. The first-order valence-electron chi connectivity index (χ1n) is 32.4. The van der Waals surface area contributed by atoms with Crippen LogP contribution in [0.15, 0.2) is 306 Å². The summed E-state index contributed by atoms with van der Waals surface area (Å²) in [5.74, 6) is 2.44. The summed E-state index contributed by atoms with van der Waals surface area (Å²) in [6, 6.07) is 104. The molecule has 96 heavy (non-hydrogen) atoms. The van der Waals surface area contributed by atoms with Gasteiger partial charge in [-0.05, 0) is 85.3 Å². The van der Waals surface area contributed by atoms with Gasteiger partial charge >= 0.3 is 0 Å². The third-order valence-corrected chi connectivity index (χ3v) is 19.7. The second kappa shape index (κ2) is 20.2. The zero-order valence-electron chi connectivity index (χ0n) is 51.2. The van der Waals surface area contributed by atoms with Crippen LogP contribution in [0.3, 0.4) is 0 Å². The van der Waals surface area contributed by atoms with E-state index in [1.54, 1.807) is 0 Å². The van der Waals surface area contributed by atoms with Crippen LogP contribution in [-0.2, 0) is 0 Å². The minimum absolute atomic E-state index is 0.565. The molecule has 0 atom stereocenters. The van der Waals surface area contributed by atoms with E-state index in [9.17, 15) is 0 Å². The number of fused-ring (bicyclic) bond motifs is 14. The molecule has 2 aliphatic rings. The Morgan fingerprint density at radius 1 is 0.229 bits per heavy atom. The Balaban J connectivity index is 0.000000127. The second-order valence-electron chi connectivity index (χ2n) is 24.9. The Bertz CT molecular complexity index is 6170. The van der Waals surface area contributed by atoms with Gasteiger partial charge in [0.05, 0.1) is 33.5 Å². The maximum atomic E-state index is 6.66. The highest BCUT2D eigenvalue weighted by Gasteiger charge is 2.32. The van der Waals surface area contributed by atoms with Gasteiger partial charge in [-0.15, -0.1) is 0 Å². The van der Waals surface area contributed by atoms with Crippen LogP contribution in [0, 0.1) is 0 Å². The van der Waals surface area contributed by atoms with Crippen LogP contribution in [0.1, 0.15) is 0 Å². The molecule has 20 aromatic rings. The predicted molar refractivity (Wildman–Crippen MR) is 391 cm³/mol. The molecule has 0 fully saturated rings. The standard InChI is InChI=1S/C44H25N3O.C43H24N4O/c1-3-12-26(13-4-1)33-24-34(27-14-5-2-6-15-27)46-44(45-33)47-35-23-22-28-16-11-20-30-29-17-7-8-18-31(29)41-40-32-19-9-10-21-37(32)48-38(40)25-36(47)43(41)42(35)39(28)30;1-3-12-26(13-4-1)41-44-42(27-14-5-2-6-15-27)46-43(45-41)47-32-23-22-25-16-11-20-29-28-17-7-8-18-30(28)38-37-31-19-9-10-21-34(31)48-35(37)24-33(47)40(38)39(32)36(25)29/h1-25H;1-24H. The molecule has 0 spiro atoms. The van der Waals surface area contributed by atoms with Crippen LogP contribution >= 0.6 is 0 Å². The smallest absolute Gasteiger partial charge is 0.238 e. The number of aromatic nitrogens is 7. The lowest BCUT2D eigenvalue weighted by Gasteiger charge is -2.15. The molecule has 9 nitrogen and oxygen atoms in total. The van der Waals surface area contributed by atoms with E-state index in [2.05, 4.69) is 221 Å². The quantitative estimate of drug-likeness (QED) is 0.163. The van der Waals surface area contributed by atoms with Gasteiger partial charge in [-0.1, -0.05) is 255 Å². The Kier molecular flexibility index (Phi) is 11.0. The molecule has 0 amide bonds. The summed E-state index contributed by atoms with van der Waals surface area (Å²) in [5, 5.41) is 14.2. The van der Waals surface area contributed by atoms with Crippen LogP contribution in [0.5, 0.6) is 0 Å². The van der Waals surface area contributed by atoms with Crippen molar-refractivity contribution >= 4 is 109 Å². The minimum Gasteiger partial charge on any atom is -0.456 e. The van der Waals surface area contributed by atoms with Gasteiger partial charge in [-0.2, -0.15) is 9.97 Å². The third-order valence-electron chi connectivity index (χ3n) is 19.7. The van der Waals surface area contributed by atoms with Crippen molar-refractivity contribution in [2.75, 3.05) is 0 Å². The van der Waals surface area contributed by atoms with Crippen molar-refractivity contribution < 1.29 is 8.83 Å². The molecular weight excluding hydrogens is 1180 g/mol. The lowest BCUT2D eigenvalue weighted by Crippen LogP contribution is -2.06. The molecule has 2 aliphatic carbocycles. The van der Waals surface area contributed by atoms with E-state index in [4.69, 9.17) is 33.8 Å². The van der Waals surface area contributed by atoms with Gasteiger partial charge in [0.1, 0.15) is 22.3 Å². The molecule has 0 unspecified atom stereocenters. The Morgan fingerprint density at radius 3 is 1.05 bits per heavy atom. The number of para-hydroxylation sites is 2. The SMILES string of the molecule is c1ccc(-c2cc(-c3ccccc3)nc(-n3c4cc5oc6ccccc6c5c5c4c4c6c(cccc6ccc43)-c3ccccc3-5)n2)cc1.c1ccc(-c2nc(-c3ccccc3)nc(-n3c4cc5oc6ccccc6c5c5c4c4c6c(cccc6ccc43)-c3ccccc3-5)n2)cc1. The average molecular weight is 1220 g/mol. The summed E-state index contributed by atoms with van der Waals surface area (Å²) in [7, 11) is 0. The van der Waals surface area contributed by atoms with E-state index in [0.717, 1.165) is 99.6 Å². The number of hydrogen-bond donors (Lipinski definition) is 0. The highest BCUT2D eigenvalue weighted by atomic mass is 16.3. The molecule has 0 bridgehead atoms. The molecule has 0 aliphatic heterocycles. The fourth-order valence-electron chi connectivity index (χ4n) is 15.7. The molecular formula is C87H49N7O2. The van der Waals surface area contributed by atoms with Gasteiger partial charge in [-0.3, -0.25) is 9.13 Å². The largest absolute Gasteiger partial charge is 0.456 e. The summed E-state index contributed by atoms with van der Waals surface area (Å²) in [6.45, 7) is 0. The number of benzene rings is 14. The Morgan fingerprint density at radius 2 is 0.604 bits per heavy atom. The van der Waals surface area contributed by atoms with Crippen LogP contribution in [0.2, 0.25) is 0 Å². The zero-order chi connectivity index (χ0) is 62.7. The summed E-state index contributed by atoms with van der Waals surface area (Å²) >= 11 is 0. The van der Waals surface area contributed by atoms with E-state index in [1.165, 1.54) is 87.6 Å². The van der Waals surface area contributed by atoms with E-state index in [0.29, 0.717) is 23.5 Å². The molecule has 0 saturated carbocycles. The summed E-state index contributed by atoms with van der Waals surface area (Å²) in [6.07, 6.45) is 0. The van der Waals surface area contributed by atoms with Crippen molar-refractivity contribution in [2.45, 2.75) is 0 Å². The number of hydrogen-bond acceptors (Lipinski definition) is 7. The molecule has 9 heteroatoms. The number of nitrogens with zero attached hydrogens (tertiary/aromatic N) is 7. The fraction of sp³-hybridized carbons (Fsp3) is 0. The molecule has 6 heterocycles. The topological polar surface area (TPSA) is 101 Å². The molecule has 0 radical (unpaired) electrons. The first kappa shape index (κ1) is 52.5. The van der Waals surface area contributed by atoms with Gasteiger partial charge in [0.25, 0.3) is 0 Å². The van der Waals surface area contributed by atoms with E-state index < -0.39 is 0 Å². The van der Waals surface area contributed by atoms with E-state index in [1.807, 2.05) is 84.9 Å². The normalized spacial score (nSPS) is 12.2. The Labute approximate surface area is 547 Å². The lowest BCUT2D eigenvalue weighted by molar-refractivity contribution is 0.669. The minimum atomic E-state index is 0.565. The monoisotopic (exact) mass is 1220 g/mol. The van der Waals surface area contributed by atoms with Gasteiger partial charge in [0, 0.05) is 88.6 Å². The highest BCUT2D eigenvalue weighted by molar-refractivity contribution is 6.37. The van der Waals surface area contributed by atoms with Gasteiger partial charge in [-0.25, -0.2) is 15.0 Å². The molecule has 0 N–H and O–H groups in total. The van der Waals surface area contributed by atoms with Crippen molar-refractivity contribution in [3.05, 3.63) is 297 Å². The summed E-state index contributed by atoms with van der Waals surface area (Å²) in [4.78, 5) is 26.0. The van der Waals surface area contributed by atoms with Crippen LogP contribution < -0.4 is 0 Å². The van der Waals surface area contributed by atoms with Crippen molar-refractivity contribution in [3.8, 4) is 102 Å². The summed E-state index contributed by atoms with van der Waals surface area (Å²) in [5.41, 5.74) is 22.9. The molecule has 22 rings (SSSR count). The first-order valence-corrected chi connectivity index (χ1v) is 32.4. The molecule has 0 saturated heterocycles. The van der Waals surface area contributed by atoms with Crippen molar-refractivity contribution in [1.82, 2.24) is 34.1 Å². The number of furan rings is 2. The maximum Gasteiger partial charge on any atom is 0.238 e. The van der Waals surface area contributed by atoms with Crippen molar-refractivity contribution in [1.29, 1.82) is 0 Å². The maximum absolute atomic E-state index is 6.66. The van der Waals surface area contributed by atoms with Gasteiger partial charge < -0.3 is 8.83 Å². The second-order valence-corrected chi connectivity index (χ2v) is 24.9. The summed E-state index contributed by atoms with van der Waals surface area (Å²) < 4.78 is 17.8. The lowest BCUT2D eigenvalue weighted by atomic mass is 9.91.